The number of amides is 1. The predicted octanol–water partition coefficient (Wildman–Crippen LogP) is 0.579. The molecule has 0 aliphatic carbocycles. The minimum absolute atomic E-state index is 0.0435. The highest BCUT2D eigenvalue weighted by atomic mass is 16.1. The molecule has 78 valence electrons. The minimum atomic E-state index is -0.298. The molecule has 3 N–H and O–H groups in total. The lowest BCUT2D eigenvalue weighted by atomic mass is 10.2. The van der Waals surface area contributed by atoms with Crippen LogP contribution >= 0.6 is 0 Å². The molecular formula is C9H16N4O. The molecule has 5 heteroatoms. The van der Waals surface area contributed by atoms with Crippen molar-refractivity contribution >= 4 is 11.6 Å². The number of carbonyl (C=O) groups excluding carboxylic acids is 1. The third-order valence-electron chi connectivity index (χ3n) is 1.88. The zero-order chi connectivity index (χ0) is 10.6. The van der Waals surface area contributed by atoms with Gasteiger partial charge in [0.1, 0.15) is 0 Å². The standard InChI is InChI=1S/C9H16N4O/c1-3-13-6-8(5-11-13)12-7(2)4-9(10)14/h5-7,12H,3-4H2,1-2H3,(H2,10,14). The molecule has 1 atom stereocenters. The molecule has 1 aromatic heterocycles. The molecule has 0 aromatic carbocycles. The van der Waals surface area contributed by atoms with E-state index in [9.17, 15) is 4.79 Å². The summed E-state index contributed by atoms with van der Waals surface area (Å²) in [4.78, 5) is 10.6. The van der Waals surface area contributed by atoms with E-state index in [2.05, 4.69) is 10.4 Å². The van der Waals surface area contributed by atoms with Crippen LogP contribution in [0.25, 0.3) is 0 Å². The maximum atomic E-state index is 10.6. The molecule has 0 aliphatic heterocycles. The van der Waals surface area contributed by atoms with Crippen molar-refractivity contribution in [3.63, 3.8) is 0 Å². The number of nitrogens with one attached hydrogen (secondary N) is 1. The van der Waals surface area contributed by atoms with Gasteiger partial charge in [-0.3, -0.25) is 9.48 Å². The van der Waals surface area contributed by atoms with E-state index in [1.54, 1.807) is 6.20 Å². The van der Waals surface area contributed by atoms with Gasteiger partial charge in [0.05, 0.1) is 11.9 Å². The van der Waals surface area contributed by atoms with E-state index in [1.165, 1.54) is 0 Å². The number of anilines is 1. The van der Waals surface area contributed by atoms with Crippen LogP contribution in [-0.2, 0) is 11.3 Å². The Hall–Kier alpha value is -1.52. The number of hydrogen-bond donors (Lipinski definition) is 2. The first-order valence-corrected chi connectivity index (χ1v) is 4.69. The van der Waals surface area contributed by atoms with Crippen LogP contribution < -0.4 is 11.1 Å². The molecule has 0 radical (unpaired) electrons. The van der Waals surface area contributed by atoms with Crippen LogP contribution in [0.2, 0.25) is 0 Å². The van der Waals surface area contributed by atoms with Crippen molar-refractivity contribution in [2.24, 2.45) is 5.73 Å². The third kappa shape index (κ3) is 3.08. The van der Waals surface area contributed by atoms with Gasteiger partial charge in [0.25, 0.3) is 0 Å². The maximum absolute atomic E-state index is 10.6. The Labute approximate surface area is 83.3 Å². The molecule has 0 saturated carbocycles. The van der Waals surface area contributed by atoms with E-state index < -0.39 is 0 Å². The summed E-state index contributed by atoms with van der Waals surface area (Å²) in [6.07, 6.45) is 3.97. The summed E-state index contributed by atoms with van der Waals surface area (Å²) in [5.74, 6) is -0.298. The summed E-state index contributed by atoms with van der Waals surface area (Å²) in [7, 11) is 0. The third-order valence-corrected chi connectivity index (χ3v) is 1.88. The van der Waals surface area contributed by atoms with Crippen molar-refractivity contribution in [3.05, 3.63) is 12.4 Å². The Bertz CT molecular complexity index is 308. The first kappa shape index (κ1) is 10.6. The van der Waals surface area contributed by atoms with Crippen molar-refractivity contribution in [2.75, 3.05) is 5.32 Å². The van der Waals surface area contributed by atoms with E-state index in [0.29, 0.717) is 6.42 Å². The van der Waals surface area contributed by atoms with Crippen molar-refractivity contribution in [3.8, 4) is 0 Å². The average Bonchev–Trinajstić information content (AvgIpc) is 2.50. The van der Waals surface area contributed by atoms with Crippen molar-refractivity contribution in [2.45, 2.75) is 32.9 Å². The zero-order valence-corrected chi connectivity index (χ0v) is 8.53. The lowest BCUT2D eigenvalue weighted by Gasteiger charge is -2.10. The van der Waals surface area contributed by atoms with E-state index >= 15 is 0 Å². The van der Waals surface area contributed by atoms with Crippen LogP contribution in [0.3, 0.4) is 0 Å². The highest BCUT2D eigenvalue weighted by Gasteiger charge is 2.06. The van der Waals surface area contributed by atoms with Gasteiger partial charge in [-0.2, -0.15) is 5.10 Å². The molecule has 1 aromatic rings. The first-order valence-electron chi connectivity index (χ1n) is 4.69. The SMILES string of the molecule is CCn1cc(NC(C)CC(N)=O)cn1. The molecular weight excluding hydrogens is 180 g/mol. The Morgan fingerprint density at radius 3 is 3.00 bits per heavy atom. The van der Waals surface area contributed by atoms with Gasteiger partial charge >= 0.3 is 0 Å². The van der Waals surface area contributed by atoms with Crippen LogP contribution in [0, 0.1) is 0 Å². The highest BCUT2D eigenvalue weighted by Crippen LogP contribution is 2.07. The Morgan fingerprint density at radius 2 is 2.50 bits per heavy atom. The number of nitrogens with two attached hydrogens (primary N) is 1. The zero-order valence-electron chi connectivity index (χ0n) is 8.53. The van der Waals surface area contributed by atoms with E-state index in [1.807, 2.05) is 24.7 Å². The fraction of sp³-hybridized carbons (Fsp3) is 0.556. The molecule has 14 heavy (non-hydrogen) atoms. The van der Waals surface area contributed by atoms with Gasteiger partial charge in [-0.15, -0.1) is 0 Å². The second kappa shape index (κ2) is 4.64. The molecule has 0 spiro atoms. The average molecular weight is 196 g/mol. The predicted molar refractivity (Wildman–Crippen MR) is 54.8 cm³/mol. The van der Waals surface area contributed by atoms with E-state index in [4.69, 9.17) is 5.73 Å². The molecule has 0 saturated heterocycles. The molecule has 1 amide bonds. The number of aryl methyl sites for hydroxylation is 1. The van der Waals surface area contributed by atoms with Crippen molar-refractivity contribution in [1.29, 1.82) is 0 Å². The van der Waals surface area contributed by atoms with E-state index in [-0.39, 0.29) is 11.9 Å². The quantitative estimate of drug-likeness (QED) is 0.723. The number of aromatic nitrogens is 2. The van der Waals surface area contributed by atoms with Gasteiger partial charge in [-0.05, 0) is 13.8 Å². The lowest BCUT2D eigenvalue weighted by molar-refractivity contribution is -0.118. The summed E-state index contributed by atoms with van der Waals surface area (Å²) < 4.78 is 1.82. The smallest absolute Gasteiger partial charge is 0.219 e. The molecule has 1 rings (SSSR count). The Balaban J connectivity index is 2.47. The monoisotopic (exact) mass is 196 g/mol. The van der Waals surface area contributed by atoms with Gasteiger partial charge in [-0.1, -0.05) is 0 Å². The highest BCUT2D eigenvalue weighted by molar-refractivity contribution is 5.74. The summed E-state index contributed by atoms with van der Waals surface area (Å²) in [6.45, 7) is 4.77. The summed E-state index contributed by atoms with van der Waals surface area (Å²) >= 11 is 0. The fourth-order valence-corrected chi connectivity index (χ4v) is 1.25. The molecule has 1 heterocycles. The minimum Gasteiger partial charge on any atom is -0.380 e. The van der Waals surface area contributed by atoms with Gasteiger partial charge in [0.2, 0.25) is 5.91 Å². The lowest BCUT2D eigenvalue weighted by Crippen LogP contribution is -2.23. The second-order valence-electron chi connectivity index (χ2n) is 3.30. The number of nitrogens with zero attached hydrogens (tertiary/aromatic N) is 2. The molecule has 0 aliphatic rings. The molecule has 0 bridgehead atoms. The van der Waals surface area contributed by atoms with Crippen molar-refractivity contribution in [1.82, 2.24) is 9.78 Å². The summed E-state index contributed by atoms with van der Waals surface area (Å²) in [5.41, 5.74) is 6.00. The van der Waals surface area contributed by atoms with Crippen LogP contribution in [0.15, 0.2) is 12.4 Å². The first-order chi connectivity index (χ1) is 6.61. The number of rotatable bonds is 5. The maximum Gasteiger partial charge on any atom is 0.219 e. The molecule has 0 fully saturated rings. The second-order valence-corrected chi connectivity index (χ2v) is 3.30. The van der Waals surface area contributed by atoms with Gasteiger partial charge < -0.3 is 11.1 Å². The largest absolute Gasteiger partial charge is 0.380 e. The van der Waals surface area contributed by atoms with Crippen LogP contribution in [0.5, 0.6) is 0 Å². The summed E-state index contributed by atoms with van der Waals surface area (Å²) in [6, 6.07) is 0.0435. The van der Waals surface area contributed by atoms with E-state index in [0.717, 1.165) is 12.2 Å². The van der Waals surface area contributed by atoms with Crippen molar-refractivity contribution < 1.29 is 4.79 Å². The topological polar surface area (TPSA) is 72.9 Å². The molecule has 1 unspecified atom stereocenters. The number of primary amides is 1. The number of hydrogen-bond acceptors (Lipinski definition) is 3. The Kier molecular flexibility index (Phi) is 3.50. The van der Waals surface area contributed by atoms with Gasteiger partial charge in [0, 0.05) is 25.2 Å². The van der Waals surface area contributed by atoms with Gasteiger partial charge in [-0.25, -0.2) is 0 Å². The number of carbonyl (C=O) groups is 1. The van der Waals surface area contributed by atoms with Crippen LogP contribution in [0.1, 0.15) is 20.3 Å². The Morgan fingerprint density at radius 1 is 1.79 bits per heavy atom. The van der Waals surface area contributed by atoms with Gasteiger partial charge in [0.15, 0.2) is 0 Å². The fourth-order valence-electron chi connectivity index (χ4n) is 1.25. The summed E-state index contributed by atoms with van der Waals surface area (Å²) in [5, 5.41) is 7.25. The van der Waals surface area contributed by atoms with Crippen LogP contribution in [-0.4, -0.2) is 21.7 Å². The van der Waals surface area contributed by atoms with Crippen LogP contribution in [0.4, 0.5) is 5.69 Å². The normalized spacial score (nSPS) is 12.4. The molecule has 5 nitrogen and oxygen atoms in total.